The highest BCUT2D eigenvalue weighted by Gasteiger charge is 2.28. The fourth-order valence-electron chi connectivity index (χ4n) is 4.76. The third-order valence-corrected chi connectivity index (χ3v) is 8.35. The minimum absolute atomic E-state index is 0.118. The molecule has 2 aromatic carbocycles. The first-order chi connectivity index (χ1) is 17.6. The van der Waals surface area contributed by atoms with Gasteiger partial charge < -0.3 is 10.2 Å². The minimum atomic E-state index is -3.53. The topological polar surface area (TPSA) is 86.8 Å². The van der Waals surface area contributed by atoms with Crippen molar-refractivity contribution in [2.24, 2.45) is 0 Å². The smallest absolute Gasteiger partial charge is 0.242 e. The molecule has 1 aliphatic rings. The number of carbonyl (C=O) groups is 2. The summed E-state index contributed by atoms with van der Waals surface area (Å²) in [6, 6.07) is 14.0. The summed E-state index contributed by atoms with van der Waals surface area (Å²) in [6.07, 6.45) is 6.94. The number of sulfonamides is 1. The minimum Gasteiger partial charge on any atom is -0.352 e. The summed E-state index contributed by atoms with van der Waals surface area (Å²) in [5.41, 5.74) is 2.32. The predicted octanol–water partition coefficient (Wildman–Crippen LogP) is 5.06. The van der Waals surface area contributed by atoms with Crippen LogP contribution in [0.15, 0.2) is 48.5 Å². The van der Waals surface area contributed by atoms with E-state index in [0.29, 0.717) is 17.1 Å². The third kappa shape index (κ3) is 8.47. The normalized spacial score (nSPS) is 15.1. The molecule has 3 rings (SSSR count). The summed E-state index contributed by atoms with van der Waals surface area (Å²) in [5, 5.41) is 3.73. The molecular formula is C28H38ClN3O4S. The van der Waals surface area contributed by atoms with Gasteiger partial charge in [-0.2, -0.15) is 0 Å². The van der Waals surface area contributed by atoms with Gasteiger partial charge in [-0.1, -0.05) is 61.2 Å². The Balaban J connectivity index is 1.71. The zero-order valence-electron chi connectivity index (χ0n) is 22.0. The van der Waals surface area contributed by atoms with Crippen molar-refractivity contribution in [3.8, 4) is 0 Å². The fourth-order valence-corrected chi connectivity index (χ4v) is 5.91. The molecule has 202 valence electrons. The second-order valence-electron chi connectivity index (χ2n) is 9.89. The summed E-state index contributed by atoms with van der Waals surface area (Å²) in [6.45, 7) is 4.05. The number of aryl methyl sites for hydroxylation is 1. The lowest BCUT2D eigenvalue weighted by molar-refractivity contribution is -0.141. The Morgan fingerprint density at radius 3 is 2.32 bits per heavy atom. The number of nitrogens with one attached hydrogen (secondary N) is 1. The quantitative estimate of drug-likeness (QED) is 0.426. The van der Waals surface area contributed by atoms with Gasteiger partial charge in [0.15, 0.2) is 0 Å². The Kier molecular flexibility index (Phi) is 10.4. The van der Waals surface area contributed by atoms with Gasteiger partial charge in [-0.25, -0.2) is 8.42 Å². The molecule has 0 unspecified atom stereocenters. The molecule has 1 N–H and O–H groups in total. The van der Waals surface area contributed by atoms with Crippen molar-refractivity contribution in [1.82, 2.24) is 10.2 Å². The molecule has 37 heavy (non-hydrogen) atoms. The Labute approximate surface area is 226 Å². The maximum absolute atomic E-state index is 13.4. The monoisotopic (exact) mass is 547 g/mol. The number of rotatable bonds is 11. The average molecular weight is 548 g/mol. The lowest BCUT2D eigenvalue weighted by Gasteiger charge is -2.31. The molecule has 1 saturated carbocycles. The standard InChI is InChI=1S/C28H38ClN3O4S/c1-21-10-7-8-13-26(21)32(37(3,35)36)19-9-14-27(33)31(20-23-15-17-24(29)18-16-23)22(2)28(34)30-25-11-5-4-6-12-25/h7-8,10,13,15-18,22,25H,4-6,9,11-12,14,19-20H2,1-3H3,(H,30,34)/t22-/m0/s1. The molecule has 0 saturated heterocycles. The molecule has 1 aliphatic carbocycles. The number of amides is 2. The van der Waals surface area contributed by atoms with Crippen molar-refractivity contribution < 1.29 is 18.0 Å². The van der Waals surface area contributed by atoms with E-state index in [-0.39, 0.29) is 37.4 Å². The molecule has 1 fully saturated rings. The van der Waals surface area contributed by atoms with Crippen LogP contribution in [-0.2, 0) is 26.2 Å². The first-order valence-electron chi connectivity index (χ1n) is 12.9. The molecule has 2 aromatic rings. The lowest BCUT2D eigenvalue weighted by atomic mass is 9.95. The van der Waals surface area contributed by atoms with Crippen LogP contribution < -0.4 is 9.62 Å². The summed E-state index contributed by atoms with van der Waals surface area (Å²) in [4.78, 5) is 28.1. The number of hydrogen-bond acceptors (Lipinski definition) is 4. The van der Waals surface area contributed by atoms with E-state index < -0.39 is 16.1 Å². The van der Waals surface area contributed by atoms with E-state index in [0.717, 1.165) is 36.8 Å². The summed E-state index contributed by atoms with van der Waals surface area (Å²) >= 11 is 6.03. The fraction of sp³-hybridized carbons (Fsp3) is 0.500. The number of carbonyl (C=O) groups excluding carboxylic acids is 2. The first kappa shape index (κ1) is 29.0. The van der Waals surface area contributed by atoms with Gasteiger partial charge in [-0.15, -0.1) is 0 Å². The predicted molar refractivity (Wildman–Crippen MR) is 149 cm³/mol. The molecule has 0 bridgehead atoms. The number of benzene rings is 2. The lowest BCUT2D eigenvalue weighted by Crippen LogP contribution is -2.50. The second-order valence-corrected chi connectivity index (χ2v) is 12.2. The maximum Gasteiger partial charge on any atom is 0.242 e. The van der Waals surface area contributed by atoms with E-state index >= 15 is 0 Å². The molecule has 0 aliphatic heterocycles. The van der Waals surface area contributed by atoms with E-state index in [1.807, 2.05) is 31.2 Å². The Hall–Kier alpha value is -2.58. The molecular weight excluding hydrogens is 510 g/mol. The number of hydrogen-bond donors (Lipinski definition) is 1. The van der Waals surface area contributed by atoms with Crippen LogP contribution >= 0.6 is 11.6 Å². The van der Waals surface area contributed by atoms with Gasteiger partial charge >= 0.3 is 0 Å². The van der Waals surface area contributed by atoms with Crippen molar-refractivity contribution in [1.29, 1.82) is 0 Å². The van der Waals surface area contributed by atoms with Crippen molar-refractivity contribution in [2.45, 2.75) is 77.4 Å². The van der Waals surface area contributed by atoms with Gasteiger partial charge in [0.05, 0.1) is 11.9 Å². The highest BCUT2D eigenvalue weighted by Crippen LogP contribution is 2.23. The Bertz CT molecular complexity index is 1160. The van der Waals surface area contributed by atoms with Gasteiger partial charge in [0.2, 0.25) is 21.8 Å². The molecule has 0 spiro atoms. The van der Waals surface area contributed by atoms with Crippen molar-refractivity contribution >= 4 is 39.1 Å². The number of halogens is 1. The van der Waals surface area contributed by atoms with E-state index in [9.17, 15) is 18.0 Å². The van der Waals surface area contributed by atoms with E-state index in [1.165, 1.54) is 17.0 Å². The van der Waals surface area contributed by atoms with Crippen molar-refractivity contribution in [3.05, 3.63) is 64.7 Å². The van der Waals surface area contributed by atoms with Crippen LogP contribution in [0, 0.1) is 6.92 Å². The number of para-hydroxylation sites is 1. The van der Waals surface area contributed by atoms with Gasteiger partial charge in [-0.3, -0.25) is 13.9 Å². The molecule has 1 atom stereocenters. The Morgan fingerprint density at radius 1 is 1.05 bits per heavy atom. The van der Waals surface area contributed by atoms with Crippen LogP contribution in [0.4, 0.5) is 5.69 Å². The summed E-state index contributed by atoms with van der Waals surface area (Å²) in [7, 11) is -3.53. The van der Waals surface area contributed by atoms with Gasteiger partial charge in [0, 0.05) is 30.6 Å². The van der Waals surface area contributed by atoms with Crippen LogP contribution in [0.2, 0.25) is 5.02 Å². The van der Waals surface area contributed by atoms with Crippen LogP contribution in [-0.4, -0.2) is 50.0 Å². The molecule has 2 amide bonds. The highest BCUT2D eigenvalue weighted by molar-refractivity contribution is 7.92. The summed E-state index contributed by atoms with van der Waals surface area (Å²) < 4.78 is 26.4. The van der Waals surface area contributed by atoms with Gasteiger partial charge in [0.1, 0.15) is 6.04 Å². The number of anilines is 1. The van der Waals surface area contributed by atoms with E-state index in [2.05, 4.69) is 5.32 Å². The maximum atomic E-state index is 13.4. The molecule has 0 heterocycles. The zero-order chi connectivity index (χ0) is 27.0. The van der Waals surface area contributed by atoms with E-state index in [1.54, 1.807) is 36.1 Å². The number of nitrogens with zero attached hydrogens (tertiary/aromatic N) is 2. The van der Waals surface area contributed by atoms with Crippen LogP contribution in [0.5, 0.6) is 0 Å². The highest BCUT2D eigenvalue weighted by atomic mass is 35.5. The average Bonchev–Trinajstić information content (AvgIpc) is 2.86. The van der Waals surface area contributed by atoms with Crippen molar-refractivity contribution in [2.75, 3.05) is 17.1 Å². The zero-order valence-corrected chi connectivity index (χ0v) is 23.5. The van der Waals surface area contributed by atoms with Crippen molar-refractivity contribution in [3.63, 3.8) is 0 Å². The SMILES string of the molecule is Cc1ccccc1N(CCCC(=O)N(Cc1ccc(Cl)cc1)[C@@H](C)C(=O)NC1CCCCC1)S(C)(=O)=O. The Morgan fingerprint density at radius 2 is 1.70 bits per heavy atom. The van der Waals surface area contributed by atoms with Gasteiger partial charge in [-0.05, 0) is 62.4 Å². The molecule has 0 aromatic heterocycles. The summed E-state index contributed by atoms with van der Waals surface area (Å²) in [5.74, 6) is -0.355. The van der Waals surface area contributed by atoms with Crippen LogP contribution in [0.3, 0.4) is 0 Å². The van der Waals surface area contributed by atoms with Crippen LogP contribution in [0.1, 0.15) is 63.0 Å². The van der Waals surface area contributed by atoms with Gasteiger partial charge in [0.25, 0.3) is 0 Å². The van der Waals surface area contributed by atoms with E-state index in [4.69, 9.17) is 11.6 Å². The largest absolute Gasteiger partial charge is 0.352 e. The second kappa shape index (κ2) is 13.3. The molecule has 0 radical (unpaired) electrons. The third-order valence-electron chi connectivity index (χ3n) is 6.92. The van der Waals surface area contributed by atoms with Crippen LogP contribution in [0.25, 0.3) is 0 Å². The molecule has 7 nitrogen and oxygen atoms in total. The molecule has 9 heteroatoms. The first-order valence-corrected chi connectivity index (χ1v) is 15.2.